The number of thioether (sulfide) groups is 1. The van der Waals surface area contributed by atoms with Crippen molar-refractivity contribution in [3.63, 3.8) is 0 Å². The maximum absolute atomic E-state index is 12.6. The highest BCUT2D eigenvalue weighted by molar-refractivity contribution is 8.14. The molecular weight excluding hydrogens is 332 g/mol. The van der Waals surface area contributed by atoms with Gasteiger partial charge in [-0.25, -0.2) is 0 Å². The second kappa shape index (κ2) is 8.06. The Morgan fingerprint density at radius 2 is 2.17 bits per heavy atom. The van der Waals surface area contributed by atoms with Crippen molar-refractivity contribution in [2.45, 2.75) is 44.9 Å². The Hall–Kier alpha value is -1.20. The van der Waals surface area contributed by atoms with Gasteiger partial charge in [-0.05, 0) is 31.5 Å². The maximum Gasteiger partial charge on any atom is 0.283 e. The number of methoxy groups -OCH3 is 1. The zero-order valence-corrected chi connectivity index (χ0v) is 15.6. The monoisotopic (exact) mass is 354 g/mol. The molecule has 1 heterocycles. The van der Waals surface area contributed by atoms with E-state index in [1.165, 1.54) is 7.11 Å². The van der Waals surface area contributed by atoms with Crippen molar-refractivity contribution in [2.75, 3.05) is 13.7 Å². The Balaban J connectivity index is 2.28. The van der Waals surface area contributed by atoms with Crippen molar-refractivity contribution in [1.82, 2.24) is 4.90 Å². The van der Waals surface area contributed by atoms with Crippen LogP contribution in [0.4, 0.5) is 0 Å². The van der Waals surface area contributed by atoms with Crippen LogP contribution in [0.3, 0.4) is 0 Å². The van der Waals surface area contributed by atoms with Gasteiger partial charge in [0.15, 0.2) is 5.17 Å². The van der Waals surface area contributed by atoms with Crippen LogP contribution in [-0.4, -0.2) is 40.9 Å². The molecule has 0 radical (unpaired) electrons. The van der Waals surface area contributed by atoms with Crippen LogP contribution in [0.25, 0.3) is 0 Å². The lowest BCUT2D eigenvalue weighted by molar-refractivity contribution is 0.0998. The molecule has 0 N–H and O–H groups in total. The van der Waals surface area contributed by atoms with E-state index in [2.05, 4.69) is 30.7 Å². The van der Waals surface area contributed by atoms with E-state index in [9.17, 15) is 4.79 Å². The first-order valence-electron chi connectivity index (χ1n) is 7.87. The third kappa shape index (κ3) is 4.21. The van der Waals surface area contributed by atoms with Crippen molar-refractivity contribution in [3.05, 3.63) is 28.8 Å². The number of nitrogens with zero attached hydrogens (tertiary/aromatic N) is 2. The van der Waals surface area contributed by atoms with Gasteiger partial charge in [0.25, 0.3) is 5.91 Å². The third-order valence-corrected chi connectivity index (χ3v) is 5.59. The lowest BCUT2D eigenvalue weighted by Gasteiger charge is -2.24. The molecule has 1 aliphatic heterocycles. The fourth-order valence-electron chi connectivity index (χ4n) is 2.47. The van der Waals surface area contributed by atoms with E-state index < -0.39 is 0 Å². The van der Waals surface area contributed by atoms with E-state index in [1.54, 1.807) is 30.0 Å². The van der Waals surface area contributed by atoms with Gasteiger partial charge in [-0.2, -0.15) is 4.99 Å². The molecule has 4 nitrogen and oxygen atoms in total. The molecule has 1 aromatic carbocycles. The molecule has 0 unspecified atom stereocenters. The largest absolute Gasteiger partial charge is 0.496 e. The van der Waals surface area contributed by atoms with Gasteiger partial charge in [0.1, 0.15) is 5.75 Å². The molecule has 2 atom stereocenters. The lowest BCUT2D eigenvalue weighted by Crippen LogP contribution is -2.35. The highest BCUT2D eigenvalue weighted by Gasteiger charge is 2.33. The molecule has 0 spiro atoms. The van der Waals surface area contributed by atoms with Crippen LogP contribution in [0, 0.1) is 0 Å². The molecule has 0 aliphatic carbocycles. The Bertz CT molecular complexity index is 606. The molecule has 1 amide bonds. The predicted octanol–water partition coefficient (Wildman–Crippen LogP) is 4.47. The normalized spacial score (nSPS) is 22.7. The topological polar surface area (TPSA) is 41.9 Å². The summed E-state index contributed by atoms with van der Waals surface area (Å²) in [6.07, 6.45) is 2.21. The Labute approximate surface area is 147 Å². The van der Waals surface area contributed by atoms with Crippen LogP contribution in [0.15, 0.2) is 23.2 Å². The van der Waals surface area contributed by atoms with E-state index in [0.717, 1.165) is 24.6 Å². The molecule has 2 rings (SSSR count). The highest BCUT2D eigenvalue weighted by Crippen LogP contribution is 2.32. The first kappa shape index (κ1) is 18.1. The zero-order valence-electron chi connectivity index (χ0n) is 14.0. The van der Waals surface area contributed by atoms with Gasteiger partial charge in [-0.15, -0.1) is 0 Å². The van der Waals surface area contributed by atoms with E-state index in [1.807, 2.05) is 0 Å². The number of amidine groups is 1. The van der Waals surface area contributed by atoms with Crippen molar-refractivity contribution >= 4 is 34.4 Å². The van der Waals surface area contributed by atoms with Gasteiger partial charge in [0.2, 0.25) is 0 Å². The number of rotatable bonds is 5. The highest BCUT2D eigenvalue weighted by atomic mass is 35.5. The minimum atomic E-state index is -0.311. The van der Waals surface area contributed by atoms with Gasteiger partial charge in [0, 0.05) is 22.9 Å². The molecule has 126 valence electrons. The average molecular weight is 355 g/mol. The summed E-state index contributed by atoms with van der Waals surface area (Å²) in [5.41, 5.74) is 0.399. The van der Waals surface area contributed by atoms with Crippen LogP contribution in [0.1, 0.15) is 44.0 Å². The quantitative estimate of drug-likeness (QED) is 0.782. The zero-order chi connectivity index (χ0) is 17.0. The van der Waals surface area contributed by atoms with Gasteiger partial charge >= 0.3 is 0 Å². The van der Waals surface area contributed by atoms with Crippen LogP contribution in [0.2, 0.25) is 5.02 Å². The fraction of sp³-hybridized carbons (Fsp3) is 0.529. The number of ether oxygens (including phenoxy) is 1. The fourth-order valence-corrected chi connectivity index (χ4v) is 3.85. The van der Waals surface area contributed by atoms with Crippen molar-refractivity contribution in [3.8, 4) is 5.75 Å². The standard InChI is InChI=1S/C17H23ClN2O2S/c1-5-6-9-20-11(2)12(3)23-17(20)19-16(21)14-10-13(18)7-8-15(14)22-4/h7-8,10-12H,5-6,9H2,1-4H3/t11-,12+/m1/s1. The number of aliphatic imine (C=N–C) groups is 1. The number of amides is 1. The number of hydrogen-bond acceptors (Lipinski definition) is 3. The molecule has 1 saturated heterocycles. The van der Waals surface area contributed by atoms with E-state index in [4.69, 9.17) is 16.3 Å². The predicted molar refractivity (Wildman–Crippen MR) is 97.9 cm³/mol. The summed E-state index contributed by atoms with van der Waals surface area (Å²) >= 11 is 7.66. The molecule has 0 bridgehead atoms. The molecule has 0 saturated carbocycles. The SMILES string of the molecule is CCCCN1C(=NC(=O)c2cc(Cl)ccc2OC)S[C@@H](C)[C@H]1C. The smallest absolute Gasteiger partial charge is 0.283 e. The Kier molecular flexibility index (Phi) is 6.36. The number of hydrogen-bond donors (Lipinski definition) is 0. The first-order valence-corrected chi connectivity index (χ1v) is 9.13. The van der Waals surface area contributed by atoms with Gasteiger partial charge in [-0.1, -0.05) is 43.6 Å². The average Bonchev–Trinajstić information content (AvgIpc) is 2.79. The molecule has 6 heteroatoms. The number of carbonyl (C=O) groups is 1. The molecule has 1 aliphatic rings. The summed E-state index contributed by atoms with van der Waals surface area (Å²) in [5, 5.41) is 1.71. The minimum absolute atomic E-state index is 0.311. The van der Waals surface area contributed by atoms with Gasteiger partial charge < -0.3 is 9.64 Å². The number of benzene rings is 1. The number of halogens is 1. The second-order valence-corrected chi connectivity index (χ2v) is 7.44. The summed E-state index contributed by atoms with van der Waals surface area (Å²) in [6, 6.07) is 5.37. The Morgan fingerprint density at radius 3 is 2.83 bits per heavy atom. The van der Waals surface area contributed by atoms with E-state index in [0.29, 0.717) is 27.6 Å². The van der Waals surface area contributed by atoms with Crippen LogP contribution >= 0.6 is 23.4 Å². The third-order valence-electron chi connectivity index (χ3n) is 4.05. The maximum atomic E-state index is 12.6. The number of carbonyl (C=O) groups excluding carboxylic acids is 1. The summed E-state index contributed by atoms with van der Waals surface area (Å²) in [7, 11) is 1.54. The number of unbranched alkanes of at least 4 members (excludes halogenated alkanes) is 1. The summed E-state index contributed by atoms with van der Waals surface area (Å²) in [6.45, 7) is 7.44. The molecule has 0 aromatic heterocycles. The van der Waals surface area contributed by atoms with Crippen molar-refractivity contribution < 1.29 is 9.53 Å². The van der Waals surface area contributed by atoms with Gasteiger partial charge in [0.05, 0.1) is 12.7 Å². The van der Waals surface area contributed by atoms with E-state index in [-0.39, 0.29) is 5.91 Å². The van der Waals surface area contributed by atoms with Gasteiger partial charge in [-0.3, -0.25) is 4.79 Å². The van der Waals surface area contributed by atoms with Crippen molar-refractivity contribution in [1.29, 1.82) is 0 Å². The first-order chi connectivity index (χ1) is 11.0. The second-order valence-electron chi connectivity index (χ2n) is 5.65. The van der Waals surface area contributed by atoms with Crippen LogP contribution < -0.4 is 4.74 Å². The molecular formula is C17H23ClN2O2S. The van der Waals surface area contributed by atoms with Crippen LogP contribution in [0.5, 0.6) is 5.75 Å². The Morgan fingerprint density at radius 1 is 1.43 bits per heavy atom. The van der Waals surface area contributed by atoms with E-state index >= 15 is 0 Å². The molecule has 1 fully saturated rings. The summed E-state index contributed by atoms with van der Waals surface area (Å²) < 4.78 is 5.25. The lowest BCUT2D eigenvalue weighted by atomic mass is 10.2. The molecule has 1 aromatic rings. The minimum Gasteiger partial charge on any atom is -0.496 e. The van der Waals surface area contributed by atoms with Crippen LogP contribution in [-0.2, 0) is 0 Å². The van der Waals surface area contributed by atoms with Crippen molar-refractivity contribution in [2.24, 2.45) is 4.99 Å². The summed E-state index contributed by atoms with van der Waals surface area (Å²) in [4.78, 5) is 19.2. The summed E-state index contributed by atoms with van der Waals surface area (Å²) in [5.74, 6) is 0.183. The molecule has 23 heavy (non-hydrogen) atoms.